The van der Waals surface area contributed by atoms with Gasteiger partial charge in [0.15, 0.2) is 0 Å². The van der Waals surface area contributed by atoms with Gasteiger partial charge in [0.25, 0.3) is 0 Å². The molecule has 2 nitrogen and oxygen atoms in total. The molecule has 0 amide bonds. The average Bonchev–Trinajstić information content (AvgIpc) is 3.11. The first-order valence-electron chi connectivity index (χ1n) is 8.81. The quantitative estimate of drug-likeness (QED) is 0.301. The van der Waals surface area contributed by atoms with Crippen LogP contribution in [0.3, 0.4) is 0 Å². The molecule has 1 aromatic heterocycles. The van der Waals surface area contributed by atoms with Crippen molar-refractivity contribution in [1.29, 1.82) is 0 Å². The van der Waals surface area contributed by atoms with Gasteiger partial charge in [0, 0.05) is 31.4 Å². The third-order valence-corrected chi connectivity index (χ3v) is 4.81. The molecule has 0 aliphatic heterocycles. The fraction of sp³-hybridized carbons (Fsp3) is 0.125. The van der Waals surface area contributed by atoms with E-state index in [9.17, 15) is 0 Å². The zero-order valence-corrected chi connectivity index (χ0v) is 18.1. The molecule has 4 rings (SSSR count). The van der Waals surface area contributed by atoms with E-state index in [1.807, 2.05) is 30.7 Å². The number of benzene rings is 3. The molecular formula is C24H21IrN2-. The van der Waals surface area contributed by atoms with E-state index in [2.05, 4.69) is 78.9 Å². The summed E-state index contributed by atoms with van der Waals surface area (Å²) in [5.74, 6) is 0. The van der Waals surface area contributed by atoms with E-state index in [0.717, 1.165) is 16.9 Å². The molecule has 0 atom stereocenters. The minimum absolute atomic E-state index is 0. The Hall–Kier alpha value is -2.48. The maximum atomic E-state index is 4.47. The van der Waals surface area contributed by atoms with Gasteiger partial charge in [-0.05, 0) is 43.5 Å². The maximum Gasteiger partial charge on any atom is 0.0996 e. The van der Waals surface area contributed by atoms with Crippen molar-refractivity contribution in [2.75, 3.05) is 0 Å². The van der Waals surface area contributed by atoms with Crippen molar-refractivity contribution in [3.63, 3.8) is 0 Å². The molecule has 1 radical (unpaired) electrons. The Morgan fingerprint density at radius 1 is 0.926 bits per heavy atom. The molecule has 0 bridgehead atoms. The number of aryl methyl sites for hydroxylation is 3. The van der Waals surface area contributed by atoms with Crippen molar-refractivity contribution < 1.29 is 20.1 Å². The molecule has 0 unspecified atom stereocenters. The van der Waals surface area contributed by atoms with Gasteiger partial charge < -0.3 is 0 Å². The van der Waals surface area contributed by atoms with E-state index < -0.39 is 0 Å². The minimum Gasteiger partial charge on any atom is -0.299 e. The van der Waals surface area contributed by atoms with Gasteiger partial charge in [0.2, 0.25) is 0 Å². The number of imidazole rings is 1. The molecule has 4 aromatic rings. The van der Waals surface area contributed by atoms with Crippen LogP contribution < -0.4 is 0 Å². The normalized spacial score (nSPS) is 10.5. The van der Waals surface area contributed by atoms with Crippen molar-refractivity contribution >= 4 is 0 Å². The number of nitrogens with zero attached hydrogens (tertiary/aromatic N) is 2. The summed E-state index contributed by atoms with van der Waals surface area (Å²) >= 11 is 0. The van der Waals surface area contributed by atoms with E-state index >= 15 is 0 Å². The molecule has 1 heterocycles. The summed E-state index contributed by atoms with van der Waals surface area (Å²) in [7, 11) is 0. The first-order chi connectivity index (χ1) is 12.6. The van der Waals surface area contributed by atoms with Crippen molar-refractivity contribution in [3.05, 3.63) is 95.9 Å². The molecule has 0 aliphatic carbocycles. The second kappa shape index (κ2) is 8.04. The van der Waals surface area contributed by atoms with E-state index in [4.69, 9.17) is 0 Å². The van der Waals surface area contributed by atoms with Crippen LogP contribution >= 0.6 is 0 Å². The zero-order chi connectivity index (χ0) is 18.1. The van der Waals surface area contributed by atoms with Gasteiger partial charge in [-0.15, -0.1) is 5.56 Å². The van der Waals surface area contributed by atoms with Gasteiger partial charge in [-0.3, -0.25) is 4.57 Å². The van der Waals surface area contributed by atoms with Crippen LogP contribution in [0.5, 0.6) is 0 Å². The first kappa shape index (κ1) is 19.3. The minimum atomic E-state index is 0. The zero-order valence-electron chi connectivity index (χ0n) is 15.7. The van der Waals surface area contributed by atoms with E-state index in [0.29, 0.717) is 0 Å². The van der Waals surface area contributed by atoms with Crippen molar-refractivity contribution in [2.45, 2.75) is 20.8 Å². The summed E-state index contributed by atoms with van der Waals surface area (Å²) in [6.45, 7) is 6.43. The molecule has 0 spiro atoms. The summed E-state index contributed by atoms with van der Waals surface area (Å²) in [5.41, 5.74) is 9.59. The summed E-state index contributed by atoms with van der Waals surface area (Å²) in [5, 5.41) is 0. The Morgan fingerprint density at radius 3 is 2.41 bits per heavy atom. The van der Waals surface area contributed by atoms with Gasteiger partial charge in [0.1, 0.15) is 0 Å². The van der Waals surface area contributed by atoms with Gasteiger partial charge >= 0.3 is 0 Å². The number of aromatic nitrogens is 2. The summed E-state index contributed by atoms with van der Waals surface area (Å²) in [6.07, 6.45) is 3.86. The summed E-state index contributed by atoms with van der Waals surface area (Å²) in [6, 6.07) is 24.3. The van der Waals surface area contributed by atoms with Crippen LogP contribution in [-0.2, 0) is 20.1 Å². The third-order valence-electron chi connectivity index (χ3n) is 4.81. The average molecular weight is 530 g/mol. The molecule has 27 heavy (non-hydrogen) atoms. The van der Waals surface area contributed by atoms with Gasteiger partial charge in [0.05, 0.1) is 18.2 Å². The number of hydrogen-bond acceptors (Lipinski definition) is 1. The summed E-state index contributed by atoms with van der Waals surface area (Å²) in [4.78, 5) is 4.47. The van der Waals surface area contributed by atoms with Crippen molar-refractivity contribution in [3.8, 4) is 28.1 Å². The molecule has 0 fully saturated rings. The maximum absolute atomic E-state index is 4.47. The first-order valence-corrected chi connectivity index (χ1v) is 8.81. The van der Waals surface area contributed by atoms with Crippen LogP contribution in [0.25, 0.3) is 28.1 Å². The molecule has 3 heteroatoms. The standard InChI is InChI=1S/C24H21N2.Ir/c1-17-12-13-22(21(14-17)20-10-5-4-6-11-20)26-16-25-15-23(26)24-18(2)8-7-9-19(24)3;/h4-5,7-16H,1-3H3;/q-1;. The fourth-order valence-electron chi connectivity index (χ4n) is 3.54. The van der Waals surface area contributed by atoms with E-state index in [-0.39, 0.29) is 20.1 Å². The fourth-order valence-corrected chi connectivity index (χ4v) is 3.54. The van der Waals surface area contributed by atoms with Crippen LogP contribution in [0.4, 0.5) is 0 Å². The predicted molar refractivity (Wildman–Crippen MR) is 107 cm³/mol. The third kappa shape index (κ3) is 3.66. The topological polar surface area (TPSA) is 17.8 Å². The molecule has 0 saturated carbocycles. The molecule has 0 aliphatic rings. The van der Waals surface area contributed by atoms with Crippen LogP contribution in [-0.4, -0.2) is 9.55 Å². The van der Waals surface area contributed by atoms with Crippen molar-refractivity contribution in [1.82, 2.24) is 9.55 Å². The Balaban J connectivity index is 0.00000210. The van der Waals surface area contributed by atoms with Gasteiger partial charge in [-0.2, -0.15) is 30.3 Å². The summed E-state index contributed by atoms with van der Waals surface area (Å²) < 4.78 is 2.19. The Labute approximate surface area is 174 Å². The number of rotatable bonds is 3. The van der Waals surface area contributed by atoms with Crippen LogP contribution in [0.15, 0.2) is 73.2 Å². The van der Waals surface area contributed by atoms with Crippen LogP contribution in [0.1, 0.15) is 16.7 Å². The predicted octanol–water partition coefficient (Wildman–Crippen LogP) is 5.93. The second-order valence-corrected chi connectivity index (χ2v) is 6.73. The molecule has 137 valence electrons. The Kier molecular flexibility index (Phi) is 5.74. The van der Waals surface area contributed by atoms with E-state index in [1.54, 1.807) is 0 Å². The van der Waals surface area contributed by atoms with Gasteiger partial charge in [-0.1, -0.05) is 35.9 Å². The molecule has 0 saturated heterocycles. The van der Waals surface area contributed by atoms with Crippen LogP contribution in [0.2, 0.25) is 0 Å². The Bertz CT molecular complexity index is 1040. The van der Waals surface area contributed by atoms with Crippen molar-refractivity contribution in [2.24, 2.45) is 0 Å². The van der Waals surface area contributed by atoms with E-state index in [1.165, 1.54) is 27.8 Å². The van der Waals surface area contributed by atoms with Crippen LogP contribution in [0, 0.1) is 26.8 Å². The molecular weight excluding hydrogens is 508 g/mol. The second-order valence-electron chi connectivity index (χ2n) is 6.73. The Morgan fingerprint density at radius 2 is 1.70 bits per heavy atom. The smallest absolute Gasteiger partial charge is 0.0996 e. The largest absolute Gasteiger partial charge is 0.299 e. The van der Waals surface area contributed by atoms with Gasteiger partial charge in [-0.25, -0.2) is 4.98 Å². The molecule has 0 N–H and O–H groups in total. The monoisotopic (exact) mass is 530 g/mol. The SMILES string of the molecule is Cc1ccc(-n2cncc2-c2c(C)cccc2C)c(-c2c[c-]ccc2)c1.[Ir]. The number of hydrogen-bond donors (Lipinski definition) is 0. The molecule has 3 aromatic carbocycles.